The summed E-state index contributed by atoms with van der Waals surface area (Å²) in [7, 11) is 0. The average Bonchev–Trinajstić information content (AvgIpc) is 2.78. The van der Waals surface area contributed by atoms with Gasteiger partial charge in [0, 0.05) is 5.92 Å². The van der Waals surface area contributed by atoms with Crippen molar-refractivity contribution in [1.29, 1.82) is 0 Å². The van der Waals surface area contributed by atoms with Crippen molar-refractivity contribution < 1.29 is 9.63 Å². The van der Waals surface area contributed by atoms with Gasteiger partial charge in [0.15, 0.2) is 5.82 Å². The van der Waals surface area contributed by atoms with Crippen LogP contribution in [0.5, 0.6) is 0 Å². The van der Waals surface area contributed by atoms with Gasteiger partial charge in [-0.15, -0.1) is 0 Å². The first-order chi connectivity index (χ1) is 8.56. The van der Waals surface area contributed by atoms with Crippen molar-refractivity contribution >= 4 is 0 Å². The summed E-state index contributed by atoms with van der Waals surface area (Å²) in [5.41, 5.74) is 0. The molecular formula is C13H23N3O2. The molecule has 5 heteroatoms. The zero-order valence-corrected chi connectivity index (χ0v) is 11.5. The third-order valence-corrected chi connectivity index (χ3v) is 3.67. The Morgan fingerprint density at radius 3 is 2.50 bits per heavy atom. The standard InChI is InChI=1S/C13H23N3O2/c1-9(2)13-14-12(18-15-13)8-16-6-4-11(5-7-16)10(3)17/h9-11,17H,4-8H2,1-3H3. The van der Waals surface area contributed by atoms with Gasteiger partial charge in [0.25, 0.3) is 0 Å². The number of likely N-dealkylation sites (tertiary alicyclic amines) is 1. The highest BCUT2D eigenvalue weighted by molar-refractivity contribution is 4.92. The first-order valence-corrected chi connectivity index (χ1v) is 6.79. The lowest BCUT2D eigenvalue weighted by Crippen LogP contribution is -2.36. The lowest BCUT2D eigenvalue weighted by molar-refractivity contribution is 0.0660. The van der Waals surface area contributed by atoms with Crippen LogP contribution in [0.1, 0.15) is 51.2 Å². The monoisotopic (exact) mass is 253 g/mol. The summed E-state index contributed by atoms with van der Waals surface area (Å²) >= 11 is 0. The van der Waals surface area contributed by atoms with Gasteiger partial charge in [-0.2, -0.15) is 4.98 Å². The van der Waals surface area contributed by atoms with E-state index in [0.29, 0.717) is 17.7 Å². The molecule has 1 fully saturated rings. The lowest BCUT2D eigenvalue weighted by atomic mass is 9.92. The van der Waals surface area contributed by atoms with Gasteiger partial charge in [-0.25, -0.2) is 0 Å². The summed E-state index contributed by atoms with van der Waals surface area (Å²) in [4.78, 5) is 6.71. The van der Waals surface area contributed by atoms with Gasteiger partial charge < -0.3 is 9.63 Å². The molecule has 0 aromatic carbocycles. The summed E-state index contributed by atoms with van der Waals surface area (Å²) in [6, 6.07) is 0. The first kappa shape index (κ1) is 13.5. The molecule has 0 spiro atoms. The highest BCUT2D eigenvalue weighted by atomic mass is 16.5. The summed E-state index contributed by atoms with van der Waals surface area (Å²) in [6.07, 6.45) is 1.90. The molecule has 1 unspecified atom stereocenters. The van der Waals surface area contributed by atoms with E-state index in [1.807, 2.05) is 6.92 Å². The number of hydrogen-bond acceptors (Lipinski definition) is 5. The van der Waals surface area contributed by atoms with E-state index in [-0.39, 0.29) is 6.10 Å². The zero-order chi connectivity index (χ0) is 13.1. The van der Waals surface area contributed by atoms with Gasteiger partial charge in [0.05, 0.1) is 12.6 Å². The number of nitrogens with zero attached hydrogens (tertiary/aromatic N) is 3. The summed E-state index contributed by atoms with van der Waals surface area (Å²) in [5.74, 6) is 2.23. The van der Waals surface area contributed by atoms with Crippen LogP contribution in [0.4, 0.5) is 0 Å². The third kappa shape index (κ3) is 3.29. The summed E-state index contributed by atoms with van der Waals surface area (Å²) < 4.78 is 5.25. The van der Waals surface area contributed by atoms with Gasteiger partial charge >= 0.3 is 0 Å². The van der Waals surface area contributed by atoms with Crippen LogP contribution in [0, 0.1) is 5.92 Å². The third-order valence-electron chi connectivity index (χ3n) is 3.67. The molecule has 102 valence electrons. The molecule has 1 saturated heterocycles. The average molecular weight is 253 g/mol. The number of aromatic nitrogens is 2. The molecule has 1 aromatic rings. The molecule has 5 nitrogen and oxygen atoms in total. The first-order valence-electron chi connectivity index (χ1n) is 6.79. The number of aliphatic hydroxyl groups excluding tert-OH is 1. The quantitative estimate of drug-likeness (QED) is 0.886. The molecule has 1 aromatic heterocycles. The van der Waals surface area contributed by atoms with Gasteiger partial charge in [-0.3, -0.25) is 4.90 Å². The van der Waals surface area contributed by atoms with Crippen molar-refractivity contribution in [2.24, 2.45) is 5.92 Å². The fraction of sp³-hybridized carbons (Fsp3) is 0.846. The number of rotatable bonds is 4. The minimum absolute atomic E-state index is 0.192. The molecule has 0 saturated carbocycles. The zero-order valence-electron chi connectivity index (χ0n) is 11.5. The molecule has 1 N–H and O–H groups in total. The molecular weight excluding hydrogens is 230 g/mol. The van der Waals surface area contributed by atoms with Crippen LogP contribution in [-0.2, 0) is 6.54 Å². The Labute approximate surface area is 108 Å². The Bertz CT molecular complexity index is 368. The maximum Gasteiger partial charge on any atom is 0.240 e. The van der Waals surface area contributed by atoms with Crippen molar-refractivity contribution in [2.75, 3.05) is 13.1 Å². The van der Waals surface area contributed by atoms with E-state index in [2.05, 4.69) is 28.9 Å². The van der Waals surface area contributed by atoms with E-state index in [0.717, 1.165) is 38.3 Å². The Morgan fingerprint density at radius 2 is 2.00 bits per heavy atom. The normalized spacial score (nSPS) is 20.5. The number of aliphatic hydroxyl groups is 1. The van der Waals surface area contributed by atoms with E-state index in [4.69, 9.17) is 4.52 Å². The molecule has 2 rings (SSSR count). The Balaban J connectivity index is 1.84. The van der Waals surface area contributed by atoms with E-state index in [1.165, 1.54) is 0 Å². The van der Waals surface area contributed by atoms with Crippen molar-refractivity contribution in [3.05, 3.63) is 11.7 Å². The van der Waals surface area contributed by atoms with Crippen molar-refractivity contribution in [1.82, 2.24) is 15.0 Å². The lowest BCUT2D eigenvalue weighted by Gasteiger charge is -2.32. The summed E-state index contributed by atoms with van der Waals surface area (Å²) in [5, 5.41) is 13.5. The van der Waals surface area contributed by atoms with Crippen LogP contribution in [0.2, 0.25) is 0 Å². The Hall–Kier alpha value is -0.940. The highest BCUT2D eigenvalue weighted by Gasteiger charge is 2.23. The maximum atomic E-state index is 9.56. The molecule has 2 heterocycles. The van der Waals surface area contributed by atoms with Gasteiger partial charge in [0.2, 0.25) is 5.89 Å². The van der Waals surface area contributed by atoms with E-state index in [9.17, 15) is 5.11 Å². The van der Waals surface area contributed by atoms with E-state index >= 15 is 0 Å². The highest BCUT2D eigenvalue weighted by Crippen LogP contribution is 2.21. The minimum Gasteiger partial charge on any atom is -0.393 e. The predicted molar refractivity (Wildman–Crippen MR) is 68.1 cm³/mol. The van der Waals surface area contributed by atoms with Crippen molar-refractivity contribution in [3.63, 3.8) is 0 Å². The van der Waals surface area contributed by atoms with Crippen LogP contribution in [0.25, 0.3) is 0 Å². The molecule has 1 atom stereocenters. The topological polar surface area (TPSA) is 62.4 Å². The van der Waals surface area contributed by atoms with Crippen LogP contribution in [0.3, 0.4) is 0 Å². The number of piperidine rings is 1. The second-order valence-electron chi connectivity index (χ2n) is 5.56. The van der Waals surface area contributed by atoms with Gasteiger partial charge in [0.1, 0.15) is 0 Å². The number of hydrogen-bond donors (Lipinski definition) is 1. The SMILES string of the molecule is CC(C)c1noc(CN2CCC(C(C)O)CC2)n1. The maximum absolute atomic E-state index is 9.56. The van der Waals surface area contributed by atoms with Crippen LogP contribution in [-0.4, -0.2) is 39.3 Å². The molecule has 0 radical (unpaired) electrons. The fourth-order valence-corrected chi connectivity index (χ4v) is 2.35. The Kier molecular flexibility index (Phi) is 4.35. The predicted octanol–water partition coefficient (Wildman–Crippen LogP) is 1.79. The molecule has 18 heavy (non-hydrogen) atoms. The van der Waals surface area contributed by atoms with Crippen molar-refractivity contribution in [2.45, 2.75) is 52.2 Å². The van der Waals surface area contributed by atoms with Gasteiger partial charge in [-0.1, -0.05) is 19.0 Å². The van der Waals surface area contributed by atoms with E-state index < -0.39 is 0 Å². The van der Waals surface area contributed by atoms with Gasteiger partial charge in [-0.05, 0) is 38.8 Å². The Morgan fingerprint density at radius 1 is 1.33 bits per heavy atom. The van der Waals surface area contributed by atoms with Crippen LogP contribution >= 0.6 is 0 Å². The molecule has 0 bridgehead atoms. The smallest absolute Gasteiger partial charge is 0.240 e. The minimum atomic E-state index is -0.192. The molecule has 0 aliphatic carbocycles. The molecule has 0 amide bonds. The fourth-order valence-electron chi connectivity index (χ4n) is 2.35. The second kappa shape index (κ2) is 5.80. The largest absolute Gasteiger partial charge is 0.393 e. The van der Waals surface area contributed by atoms with Crippen molar-refractivity contribution in [3.8, 4) is 0 Å². The van der Waals surface area contributed by atoms with Crippen LogP contribution in [0.15, 0.2) is 4.52 Å². The van der Waals surface area contributed by atoms with Crippen LogP contribution < -0.4 is 0 Å². The second-order valence-corrected chi connectivity index (χ2v) is 5.56. The molecule has 1 aliphatic heterocycles. The summed E-state index contributed by atoms with van der Waals surface area (Å²) in [6.45, 7) is 8.72. The molecule has 1 aliphatic rings. The van der Waals surface area contributed by atoms with E-state index in [1.54, 1.807) is 0 Å².